The highest BCUT2D eigenvalue weighted by atomic mass is 19.2. The Bertz CT molecular complexity index is 588. The fraction of sp³-hybridized carbons (Fsp3) is 0.0769. The third kappa shape index (κ3) is 1.11. The smallest absolute Gasteiger partial charge is 0.167 e. The fourth-order valence-corrected chi connectivity index (χ4v) is 2.21. The van der Waals surface area contributed by atoms with Crippen LogP contribution in [0.15, 0.2) is 30.3 Å². The molecule has 0 aromatic heterocycles. The minimum Gasteiger partial charge on any atom is -0.206 e. The molecular weight excluding hydrogens is 213 g/mol. The highest BCUT2D eigenvalue weighted by Crippen LogP contribution is 2.40. The van der Waals surface area contributed by atoms with Crippen LogP contribution < -0.4 is 0 Å². The Morgan fingerprint density at radius 1 is 0.750 bits per heavy atom. The Labute approximate surface area is 90.3 Å². The molecule has 0 nitrogen and oxygen atoms in total. The van der Waals surface area contributed by atoms with Gasteiger partial charge in [0.1, 0.15) is 5.82 Å². The van der Waals surface area contributed by atoms with E-state index in [-0.39, 0.29) is 11.1 Å². The number of rotatable bonds is 0. The summed E-state index contributed by atoms with van der Waals surface area (Å²) in [7, 11) is 0. The number of fused-ring (bicyclic) bond motifs is 3. The van der Waals surface area contributed by atoms with E-state index in [0.29, 0.717) is 17.5 Å². The van der Waals surface area contributed by atoms with Crippen molar-refractivity contribution in [3.8, 4) is 11.1 Å². The molecule has 80 valence electrons. The first-order chi connectivity index (χ1) is 7.68. The standard InChI is InChI=1S/C13H7F3/c14-9-3-1-2-7-6-8-4-5-10(15)13(16)12(8)11(7)9/h1-5H,6H2. The molecule has 0 heterocycles. The Balaban J connectivity index is 2.39. The van der Waals surface area contributed by atoms with Crippen molar-refractivity contribution >= 4 is 0 Å². The van der Waals surface area contributed by atoms with Crippen molar-refractivity contribution in [2.75, 3.05) is 0 Å². The van der Waals surface area contributed by atoms with Crippen LogP contribution in [0, 0.1) is 17.5 Å². The van der Waals surface area contributed by atoms with Crippen molar-refractivity contribution in [1.29, 1.82) is 0 Å². The van der Waals surface area contributed by atoms with Gasteiger partial charge in [0.15, 0.2) is 11.6 Å². The third-order valence-corrected chi connectivity index (χ3v) is 2.91. The van der Waals surface area contributed by atoms with Gasteiger partial charge in [0.05, 0.1) is 0 Å². The van der Waals surface area contributed by atoms with Gasteiger partial charge in [-0.1, -0.05) is 18.2 Å². The quantitative estimate of drug-likeness (QED) is 0.542. The average Bonchev–Trinajstić information content (AvgIpc) is 2.64. The molecule has 1 aliphatic carbocycles. The molecule has 3 rings (SSSR count). The zero-order valence-electron chi connectivity index (χ0n) is 8.23. The Morgan fingerprint density at radius 2 is 1.50 bits per heavy atom. The summed E-state index contributed by atoms with van der Waals surface area (Å²) in [6.07, 6.45) is 0.458. The first kappa shape index (κ1) is 9.46. The summed E-state index contributed by atoms with van der Waals surface area (Å²) in [5, 5.41) is 0. The Morgan fingerprint density at radius 3 is 2.31 bits per heavy atom. The molecule has 0 atom stereocenters. The van der Waals surface area contributed by atoms with Gasteiger partial charge in [-0.05, 0) is 29.7 Å². The molecule has 0 saturated carbocycles. The van der Waals surface area contributed by atoms with Crippen LogP contribution in [0.4, 0.5) is 13.2 Å². The Kier molecular flexibility index (Phi) is 1.84. The molecule has 0 spiro atoms. The van der Waals surface area contributed by atoms with Gasteiger partial charge in [0.2, 0.25) is 0 Å². The van der Waals surface area contributed by atoms with Crippen molar-refractivity contribution in [2.24, 2.45) is 0 Å². The number of hydrogen-bond acceptors (Lipinski definition) is 0. The van der Waals surface area contributed by atoms with E-state index in [1.165, 1.54) is 12.1 Å². The maximum Gasteiger partial charge on any atom is 0.167 e. The van der Waals surface area contributed by atoms with Crippen LogP contribution in [0.5, 0.6) is 0 Å². The molecule has 0 unspecified atom stereocenters. The van der Waals surface area contributed by atoms with E-state index < -0.39 is 17.5 Å². The molecule has 0 fully saturated rings. The maximum atomic E-state index is 13.6. The van der Waals surface area contributed by atoms with E-state index in [0.717, 1.165) is 6.07 Å². The SMILES string of the molecule is Fc1ccc2c(c1F)-c1c(F)cccc1C2. The second-order valence-electron chi connectivity index (χ2n) is 3.85. The van der Waals surface area contributed by atoms with Gasteiger partial charge in [-0.2, -0.15) is 0 Å². The van der Waals surface area contributed by atoms with E-state index >= 15 is 0 Å². The minimum atomic E-state index is -0.957. The van der Waals surface area contributed by atoms with E-state index in [9.17, 15) is 13.2 Å². The van der Waals surface area contributed by atoms with Gasteiger partial charge < -0.3 is 0 Å². The zero-order chi connectivity index (χ0) is 11.3. The summed E-state index contributed by atoms with van der Waals surface area (Å²) in [4.78, 5) is 0. The second kappa shape index (κ2) is 3.11. The van der Waals surface area contributed by atoms with Gasteiger partial charge in [0.25, 0.3) is 0 Å². The molecule has 0 N–H and O–H groups in total. The summed E-state index contributed by atoms with van der Waals surface area (Å²) < 4.78 is 40.3. The lowest BCUT2D eigenvalue weighted by molar-refractivity contribution is 0.510. The molecule has 0 aliphatic heterocycles. The molecule has 0 radical (unpaired) electrons. The first-order valence-electron chi connectivity index (χ1n) is 4.93. The Hall–Kier alpha value is -1.77. The molecule has 2 aromatic rings. The van der Waals surface area contributed by atoms with Crippen LogP contribution in [-0.4, -0.2) is 0 Å². The van der Waals surface area contributed by atoms with Crippen molar-refractivity contribution < 1.29 is 13.2 Å². The average molecular weight is 220 g/mol. The van der Waals surface area contributed by atoms with E-state index in [2.05, 4.69) is 0 Å². The first-order valence-corrected chi connectivity index (χ1v) is 4.93. The summed E-state index contributed by atoms with van der Waals surface area (Å²) in [5.41, 5.74) is 1.63. The van der Waals surface area contributed by atoms with Gasteiger partial charge in [-0.15, -0.1) is 0 Å². The lowest BCUT2D eigenvalue weighted by Crippen LogP contribution is -1.91. The maximum absolute atomic E-state index is 13.6. The second-order valence-corrected chi connectivity index (χ2v) is 3.85. The van der Waals surface area contributed by atoms with Crippen molar-refractivity contribution in [1.82, 2.24) is 0 Å². The summed E-state index contributed by atoms with van der Waals surface area (Å²) in [5.74, 6) is -2.39. The highest BCUT2D eigenvalue weighted by molar-refractivity contribution is 5.77. The summed E-state index contributed by atoms with van der Waals surface area (Å²) in [6.45, 7) is 0. The lowest BCUT2D eigenvalue weighted by Gasteiger charge is -2.04. The normalized spacial score (nSPS) is 12.4. The van der Waals surface area contributed by atoms with Gasteiger partial charge in [-0.25, -0.2) is 13.2 Å². The molecule has 0 saturated heterocycles. The number of benzene rings is 2. The zero-order valence-corrected chi connectivity index (χ0v) is 8.23. The topological polar surface area (TPSA) is 0 Å². The van der Waals surface area contributed by atoms with Gasteiger partial charge in [-0.3, -0.25) is 0 Å². The summed E-state index contributed by atoms with van der Waals surface area (Å²) >= 11 is 0. The van der Waals surface area contributed by atoms with Crippen LogP contribution in [0.2, 0.25) is 0 Å². The van der Waals surface area contributed by atoms with Crippen LogP contribution in [0.3, 0.4) is 0 Å². The molecule has 16 heavy (non-hydrogen) atoms. The molecular formula is C13H7F3. The minimum absolute atomic E-state index is 0.0769. The van der Waals surface area contributed by atoms with Crippen LogP contribution >= 0.6 is 0 Å². The van der Waals surface area contributed by atoms with E-state index in [1.54, 1.807) is 12.1 Å². The molecule has 1 aliphatic rings. The number of hydrogen-bond donors (Lipinski definition) is 0. The van der Waals surface area contributed by atoms with Crippen molar-refractivity contribution in [2.45, 2.75) is 6.42 Å². The fourth-order valence-electron chi connectivity index (χ4n) is 2.21. The van der Waals surface area contributed by atoms with Gasteiger partial charge in [0, 0.05) is 11.1 Å². The van der Waals surface area contributed by atoms with E-state index in [1.807, 2.05) is 0 Å². The number of halogens is 3. The predicted octanol–water partition coefficient (Wildman–Crippen LogP) is 3.68. The molecule has 3 heteroatoms. The monoisotopic (exact) mass is 220 g/mol. The van der Waals surface area contributed by atoms with E-state index in [4.69, 9.17) is 0 Å². The van der Waals surface area contributed by atoms with Crippen LogP contribution in [-0.2, 0) is 6.42 Å². The van der Waals surface area contributed by atoms with Crippen molar-refractivity contribution in [3.63, 3.8) is 0 Å². The lowest BCUT2D eigenvalue weighted by atomic mass is 10.0. The largest absolute Gasteiger partial charge is 0.206 e. The summed E-state index contributed by atoms with van der Waals surface area (Å²) in [6, 6.07) is 7.16. The third-order valence-electron chi connectivity index (χ3n) is 2.91. The molecule has 0 bridgehead atoms. The van der Waals surface area contributed by atoms with Crippen LogP contribution in [0.1, 0.15) is 11.1 Å². The van der Waals surface area contributed by atoms with Crippen LogP contribution in [0.25, 0.3) is 11.1 Å². The van der Waals surface area contributed by atoms with Gasteiger partial charge >= 0.3 is 0 Å². The van der Waals surface area contributed by atoms with Crippen molar-refractivity contribution in [3.05, 3.63) is 58.9 Å². The molecule has 2 aromatic carbocycles. The highest BCUT2D eigenvalue weighted by Gasteiger charge is 2.26. The molecule has 0 amide bonds. The predicted molar refractivity (Wildman–Crippen MR) is 54.6 cm³/mol.